The van der Waals surface area contributed by atoms with E-state index < -0.39 is 40.1 Å². The number of thioether (sulfide) groups is 2. The molecule has 0 fully saturated rings. The number of nitrogens with one attached hydrogen (secondary N) is 3. The summed E-state index contributed by atoms with van der Waals surface area (Å²) in [6.07, 6.45) is 6.09. The molecule has 9 rings (SSSR count). The molecular formula is C62H81Cl5N8O12S9. The van der Waals surface area contributed by atoms with Crippen LogP contribution in [0.2, 0.25) is 0 Å². The van der Waals surface area contributed by atoms with E-state index in [4.69, 9.17) is 55.0 Å². The Labute approximate surface area is 615 Å². The number of benzene rings is 5. The van der Waals surface area contributed by atoms with Gasteiger partial charge in [0.05, 0.1) is 10.9 Å². The lowest BCUT2D eigenvalue weighted by Gasteiger charge is -2.00. The fourth-order valence-corrected chi connectivity index (χ4v) is 11.3. The maximum absolute atomic E-state index is 11.8. The van der Waals surface area contributed by atoms with E-state index in [9.17, 15) is 40.8 Å². The Bertz CT molecular complexity index is 3540. The van der Waals surface area contributed by atoms with Crippen LogP contribution in [-0.2, 0) is 28.9 Å². The van der Waals surface area contributed by atoms with Gasteiger partial charge in [0.1, 0.15) is 10.1 Å². The van der Waals surface area contributed by atoms with Gasteiger partial charge in [0.2, 0.25) is 9.23 Å². The number of nitrogens with zero attached hydrogens (tertiary/aromatic N) is 4. The molecule has 0 atom stereocenters. The fourth-order valence-electron chi connectivity index (χ4n) is 5.18. The summed E-state index contributed by atoms with van der Waals surface area (Å²) in [5, 5.41) is 33.4. The first kappa shape index (κ1) is 98.8. The number of aromatic nitrogens is 4. The Morgan fingerprint density at radius 2 is 0.719 bits per heavy atom. The SMILES string of the molecule is C.CC.CC.CC.CC.CO.CS(=O)(=O)c1csc(NC(=O)c2ccccc2)n1.CS(=O)(=O)c1csc(NC(=O)c2ccccc2)n1.CSc1csc(N)n1.CSc1csc(NC(=O)c2ccccc2)n1.ClCCl.O=C(Cl)c1ccccc1.O=C(O)c1ccccc1.O=S(Cl)Cl. The normalized spacial score (nSPS) is 9.21. The number of nitrogens with two attached hydrogens (primary N) is 1. The van der Waals surface area contributed by atoms with Crippen molar-refractivity contribution in [1.82, 2.24) is 19.9 Å². The lowest BCUT2D eigenvalue weighted by molar-refractivity contribution is 0.0695. The van der Waals surface area contributed by atoms with E-state index in [1.807, 2.05) is 115 Å². The van der Waals surface area contributed by atoms with Crippen LogP contribution in [0.3, 0.4) is 0 Å². The predicted molar refractivity (Wildman–Crippen MR) is 413 cm³/mol. The molecule has 0 unspecified atom stereocenters. The summed E-state index contributed by atoms with van der Waals surface area (Å²) in [7, 11) is 1.69. The summed E-state index contributed by atoms with van der Waals surface area (Å²) in [5.74, 6) is -1.63. The molecule has 5 aromatic carbocycles. The molecule has 0 aliphatic heterocycles. The Balaban J connectivity index is -0.000000335. The smallest absolute Gasteiger partial charge is 0.335 e. The molecule has 7 N–H and O–H groups in total. The molecule has 3 amide bonds. The lowest BCUT2D eigenvalue weighted by atomic mass is 10.2. The van der Waals surface area contributed by atoms with Crippen LogP contribution in [0, 0.1) is 0 Å². The zero-order chi connectivity index (χ0) is 73.4. The van der Waals surface area contributed by atoms with Crippen molar-refractivity contribution in [2.24, 2.45) is 0 Å². The van der Waals surface area contributed by atoms with Crippen molar-refractivity contribution < 1.29 is 55.2 Å². The minimum Gasteiger partial charge on any atom is -0.478 e. The fraction of sp³-hybridized carbons (Fsp3) is 0.242. The van der Waals surface area contributed by atoms with Crippen molar-refractivity contribution in [2.45, 2.75) is 82.9 Å². The van der Waals surface area contributed by atoms with Gasteiger partial charge in [-0.05, 0) is 72.6 Å². The third-order valence-corrected chi connectivity index (χ3v) is 15.9. The molecule has 530 valence electrons. The Morgan fingerprint density at radius 1 is 0.479 bits per heavy atom. The number of sulfone groups is 2. The van der Waals surface area contributed by atoms with Crippen LogP contribution >= 0.6 is 125 Å². The molecule has 0 saturated carbocycles. The largest absolute Gasteiger partial charge is 0.478 e. The number of thiazole rings is 4. The van der Waals surface area contributed by atoms with E-state index in [2.05, 4.69) is 57.3 Å². The molecule has 96 heavy (non-hydrogen) atoms. The number of hydrogen-bond acceptors (Lipinski definition) is 22. The number of hydrogen-bond donors (Lipinski definition) is 6. The average Bonchev–Trinajstić information content (AvgIpc) is 1.73. The van der Waals surface area contributed by atoms with Crippen LogP contribution in [0.1, 0.15) is 115 Å². The van der Waals surface area contributed by atoms with Gasteiger partial charge in [-0.15, -0.1) is 92.1 Å². The number of nitrogen functional groups attached to an aromatic ring is 1. The number of aliphatic hydroxyl groups is 1. The van der Waals surface area contributed by atoms with Crippen molar-refractivity contribution in [3.05, 3.63) is 201 Å². The Morgan fingerprint density at radius 3 is 0.906 bits per heavy atom. The van der Waals surface area contributed by atoms with Gasteiger partial charge >= 0.3 is 5.97 Å². The highest BCUT2D eigenvalue weighted by Gasteiger charge is 2.16. The molecule has 0 bridgehead atoms. The number of carboxylic acid groups (broad SMARTS) is 1. The predicted octanol–water partition coefficient (Wildman–Crippen LogP) is 18.4. The van der Waals surface area contributed by atoms with Gasteiger partial charge in [0.15, 0.2) is 50.3 Å². The maximum Gasteiger partial charge on any atom is 0.335 e. The molecule has 4 heterocycles. The number of aliphatic hydroxyl groups excluding tert-OH is 1. The number of carboxylic acids is 1. The van der Waals surface area contributed by atoms with Crippen LogP contribution in [0.4, 0.5) is 20.5 Å². The first-order chi connectivity index (χ1) is 45.3. The molecule has 4 aromatic heterocycles. The number of halogens is 5. The summed E-state index contributed by atoms with van der Waals surface area (Å²) in [5.41, 5.74) is 7.85. The van der Waals surface area contributed by atoms with Crippen molar-refractivity contribution in [2.75, 3.05) is 59.2 Å². The van der Waals surface area contributed by atoms with Crippen molar-refractivity contribution in [3.63, 3.8) is 0 Å². The lowest BCUT2D eigenvalue weighted by Crippen LogP contribution is -2.11. The molecule has 0 aliphatic rings. The zero-order valence-electron chi connectivity index (χ0n) is 53.9. The second-order valence-electron chi connectivity index (χ2n) is 15.0. The van der Waals surface area contributed by atoms with Crippen LogP contribution in [0.25, 0.3) is 0 Å². The molecule has 0 aliphatic carbocycles. The van der Waals surface area contributed by atoms with Crippen LogP contribution in [0.5, 0.6) is 0 Å². The first-order valence-corrected chi connectivity index (χ1v) is 41.3. The highest BCUT2D eigenvalue weighted by atomic mass is 36.0. The second-order valence-corrected chi connectivity index (χ2v) is 27.7. The summed E-state index contributed by atoms with van der Waals surface area (Å²) in [6.45, 7) is 16.0. The van der Waals surface area contributed by atoms with Crippen molar-refractivity contribution >= 4 is 203 Å². The van der Waals surface area contributed by atoms with E-state index in [0.717, 1.165) is 52.3 Å². The maximum atomic E-state index is 11.8. The minimum atomic E-state index is -3.33. The van der Waals surface area contributed by atoms with E-state index in [1.165, 1.54) is 33.4 Å². The van der Waals surface area contributed by atoms with E-state index >= 15 is 0 Å². The van der Waals surface area contributed by atoms with Gasteiger partial charge in [0.25, 0.3) is 23.0 Å². The van der Waals surface area contributed by atoms with E-state index in [-0.39, 0.29) is 50.8 Å². The number of amides is 3. The highest BCUT2D eigenvalue weighted by molar-refractivity contribution is 8.26. The van der Waals surface area contributed by atoms with Gasteiger partial charge in [-0.25, -0.2) is 45.8 Å². The van der Waals surface area contributed by atoms with E-state index in [0.29, 0.717) is 38.1 Å². The van der Waals surface area contributed by atoms with Crippen LogP contribution in [-0.4, -0.2) is 118 Å². The molecule has 20 nitrogen and oxygen atoms in total. The number of anilines is 4. The quantitative estimate of drug-likeness (QED) is 0.0376. The van der Waals surface area contributed by atoms with Gasteiger partial charge in [-0.2, -0.15) is 0 Å². The van der Waals surface area contributed by atoms with Crippen LogP contribution < -0.4 is 21.7 Å². The number of alkyl halides is 2. The molecule has 0 spiro atoms. The number of carbonyl (C=O) groups is 5. The second kappa shape index (κ2) is 61.5. The number of aromatic carboxylic acids is 1. The highest BCUT2D eigenvalue weighted by Crippen LogP contribution is 2.24. The Hall–Kier alpha value is -5.87. The number of rotatable bonds is 12. The van der Waals surface area contributed by atoms with Crippen LogP contribution in [0.15, 0.2) is 193 Å². The summed E-state index contributed by atoms with van der Waals surface area (Å²) >= 11 is 22.9. The Kier molecular flexibility index (Phi) is 63.3. The third-order valence-electron chi connectivity index (χ3n) is 8.92. The van der Waals surface area contributed by atoms with Gasteiger partial charge in [-0.3, -0.25) is 35.1 Å². The summed E-state index contributed by atoms with van der Waals surface area (Å²) in [6, 6.07) is 43.4. The third kappa shape index (κ3) is 47.9. The summed E-state index contributed by atoms with van der Waals surface area (Å²) < 4.78 is 54.0. The molecule has 34 heteroatoms. The van der Waals surface area contributed by atoms with Gasteiger partial charge in [0, 0.05) is 84.8 Å². The first-order valence-electron chi connectivity index (χ1n) is 27.3. The average molecular weight is 1600 g/mol. The molecule has 9 aromatic rings. The molecule has 0 saturated heterocycles. The van der Waals surface area contributed by atoms with Crippen molar-refractivity contribution in [1.29, 1.82) is 0 Å². The van der Waals surface area contributed by atoms with Gasteiger partial charge < -0.3 is 15.9 Å². The molecular weight excluding hydrogens is 1510 g/mol. The molecule has 0 radical (unpaired) electrons. The van der Waals surface area contributed by atoms with Gasteiger partial charge in [-0.1, -0.05) is 166 Å². The van der Waals surface area contributed by atoms with E-state index in [1.54, 1.807) is 139 Å². The zero-order valence-corrected chi connectivity index (χ0v) is 65.0. The topological polar surface area (TPSA) is 325 Å². The summed E-state index contributed by atoms with van der Waals surface area (Å²) in [4.78, 5) is 71.9. The number of carbonyl (C=O) groups excluding carboxylic acids is 4. The monoisotopic (exact) mass is 1590 g/mol. The van der Waals surface area contributed by atoms with Crippen molar-refractivity contribution in [3.8, 4) is 0 Å². The minimum absolute atomic E-state index is 0. The standard InChI is InChI=1S/2C11H10N2O3S2.C11H10N2OS2.C7H5ClO.C7H6O2.C4H6N2S2.4C2H6.CH2Cl2.CH4O.CH4.Cl2OS/c2*1-18(15,16)9-7-17-11(12-9)13-10(14)8-5-3-2-4-6-8;1-15-9-7-16-11(12-9)13-10(14)8-5-3-2-4-6-8;2*8-7(9)6-4-2-1-3-5-6;1-7-3-2-8-4(5)6-3;4*1-2;2-1-3;1-2;;1-4(2)3/h2*2-7H,1H3,(H,12,13,14);2-7H,1H3,(H,12,13,14);1-5H;1-5H,(H,8,9);2H,1H3,(H2,5,6);4*1-2H3;1H2;2H,1H3;1H4;.